The van der Waals surface area contributed by atoms with Crippen molar-refractivity contribution >= 4 is 17.9 Å². The minimum atomic E-state index is -5.49. The molecule has 3 aliphatic rings. The molecule has 11 heteroatoms. The van der Waals surface area contributed by atoms with Crippen LogP contribution in [0.1, 0.15) is 20.3 Å². The first-order chi connectivity index (χ1) is 12.7. The number of halogens is 5. The number of rotatable bonds is 5. The number of hydrogen-bond acceptors (Lipinski definition) is 6. The van der Waals surface area contributed by atoms with Crippen molar-refractivity contribution < 1.29 is 50.5 Å². The van der Waals surface area contributed by atoms with Crippen molar-refractivity contribution in [3.8, 4) is 0 Å². The topological polar surface area (TPSA) is 78.9 Å². The molecular formula is C17H17F5O6. The molecule has 1 saturated heterocycles. The zero-order chi connectivity index (χ0) is 21.2. The lowest BCUT2D eigenvalue weighted by atomic mass is 9.80. The van der Waals surface area contributed by atoms with Gasteiger partial charge in [0.05, 0.1) is 0 Å². The van der Waals surface area contributed by atoms with Gasteiger partial charge in [0.15, 0.2) is 0 Å². The molecule has 0 spiro atoms. The van der Waals surface area contributed by atoms with Gasteiger partial charge >= 0.3 is 24.1 Å². The van der Waals surface area contributed by atoms with Crippen molar-refractivity contribution in [3.63, 3.8) is 0 Å². The Hall–Kier alpha value is -2.20. The molecule has 7 unspecified atom stereocenters. The Morgan fingerprint density at radius 2 is 1.82 bits per heavy atom. The van der Waals surface area contributed by atoms with E-state index in [0.29, 0.717) is 0 Å². The van der Waals surface area contributed by atoms with Crippen molar-refractivity contribution in [2.45, 2.75) is 50.7 Å². The van der Waals surface area contributed by atoms with Gasteiger partial charge in [0.2, 0.25) is 0 Å². The van der Waals surface area contributed by atoms with Crippen LogP contribution in [0.2, 0.25) is 0 Å². The van der Waals surface area contributed by atoms with Crippen LogP contribution in [0.4, 0.5) is 22.0 Å². The molecule has 1 heterocycles. The number of carbonyl (C=O) groups excluding carboxylic acids is 3. The van der Waals surface area contributed by atoms with Crippen LogP contribution in [-0.4, -0.2) is 48.3 Å². The van der Waals surface area contributed by atoms with Crippen LogP contribution in [0.15, 0.2) is 12.2 Å². The Bertz CT molecular complexity index is 713. The van der Waals surface area contributed by atoms with Gasteiger partial charge in [0, 0.05) is 24.3 Å². The highest BCUT2D eigenvalue weighted by Gasteiger charge is 2.71. The molecule has 0 aromatic heterocycles. The number of ether oxygens (including phenoxy) is 3. The average molecular weight is 412 g/mol. The fourth-order valence-electron chi connectivity index (χ4n) is 4.33. The molecule has 2 bridgehead atoms. The Kier molecular flexibility index (Phi) is 4.70. The van der Waals surface area contributed by atoms with Gasteiger partial charge in [-0.2, -0.15) is 13.2 Å². The summed E-state index contributed by atoms with van der Waals surface area (Å²) in [6.45, 7) is 4.74. The summed E-state index contributed by atoms with van der Waals surface area (Å²) in [5, 5.41) is 0. The van der Waals surface area contributed by atoms with Crippen molar-refractivity contribution in [1.82, 2.24) is 0 Å². The van der Waals surface area contributed by atoms with Gasteiger partial charge in [-0.25, -0.2) is 13.6 Å². The lowest BCUT2D eigenvalue weighted by Crippen LogP contribution is -2.50. The minimum absolute atomic E-state index is 0.0116. The highest BCUT2D eigenvalue weighted by atomic mass is 19.4. The van der Waals surface area contributed by atoms with E-state index < -0.39 is 72.0 Å². The Labute approximate surface area is 156 Å². The first kappa shape index (κ1) is 20.5. The van der Waals surface area contributed by atoms with Gasteiger partial charge < -0.3 is 14.2 Å². The van der Waals surface area contributed by atoms with E-state index in [4.69, 9.17) is 9.47 Å². The second kappa shape index (κ2) is 6.41. The quantitative estimate of drug-likeness (QED) is 0.299. The van der Waals surface area contributed by atoms with Gasteiger partial charge in [-0.3, -0.25) is 9.59 Å². The van der Waals surface area contributed by atoms with Crippen molar-refractivity contribution in [2.75, 3.05) is 0 Å². The molecule has 1 aliphatic heterocycles. The summed E-state index contributed by atoms with van der Waals surface area (Å²) >= 11 is 0. The third kappa shape index (κ3) is 3.24. The number of esters is 3. The highest BCUT2D eigenvalue weighted by molar-refractivity contribution is 5.88. The van der Waals surface area contributed by atoms with Crippen LogP contribution in [0.3, 0.4) is 0 Å². The van der Waals surface area contributed by atoms with E-state index in [0.717, 1.165) is 0 Å². The average Bonchev–Trinajstić information content (AvgIpc) is 3.12. The van der Waals surface area contributed by atoms with Crippen molar-refractivity contribution in [2.24, 2.45) is 23.7 Å². The molecule has 0 aromatic rings. The Balaban J connectivity index is 1.84. The summed E-state index contributed by atoms with van der Waals surface area (Å²) < 4.78 is 79.9. The van der Waals surface area contributed by atoms with Crippen LogP contribution in [0.5, 0.6) is 0 Å². The summed E-state index contributed by atoms with van der Waals surface area (Å²) in [6, 6.07) is 0. The minimum Gasteiger partial charge on any atom is -0.461 e. The van der Waals surface area contributed by atoms with E-state index in [9.17, 15) is 36.3 Å². The number of hydrogen-bond donors (Lipinski definition) is 0. The molecular weight excluding hydrogens is 395 g/mol. The maximum absolute atomic E-state index is 13.3. The van der Waals surface area contributed by atoms with Crippen LogP contribution in [0.25, 0.3) is 0 Å². The lowest BCUT2D eigenvalue weighted by Gasteiger charge is -2.32. The van der Waals surface area contributed by atoms with Gasteiger partial charge in [-0.05, 0) is 13.3 Å². The van der Waals surface area contributed by atoms with Crippen LogP contribution >= 0.6 is 0 Å². The maximum Gasteiger partial charge on any atom is 0.431 e. The third-order valence-electron chi connectivity index (χ3n) is 5.40. The molecule has 2 saturated carbocycles. The van der Waals surface area contributed by atoms with Gasteiger partial charge in [0.25, 0.3) is 12.0 Å². The van der Waals surface area contributed by atoms with Crippen molar-refractivity contribution in [1.29, 1.82) is 0 Å². The number of alkyl halides is 5. The molecule has 0 amide bonds. The van der Waals surface area contributed by atoms with Crippen LogP contribution in [-0.2, 0) is 28.6 Å². The van der Waals surface area contributed by atoms with Crippen molar-refractivity contribution in [3.05, 3.63) is 12.2 Å². The summed E-state index contributed by atoms with van der Waals surface area (Å²) in [6.07, 6.45) is -11.2. The first-order valence-corrected chi connectivity index (χ1v) is 8.45. The smallest absolute Gasteiger partial charge is 0.431 e. The van der Waals surface area contributed by atoms with Gasteiger partial charge in [0.1, 0.15) is 24.0 Å². The third-order valence-corrected chi connectivity index (χ3v) is 5.40. The molecule has 7 atom stereocenters. The second-order valence-electron chi connectivity index (χ2n) is 7.48. The molecule has 156 valence electrons. The monoisotopic (exact) mass is 412 g/mol. The second-order valence-corrected chi connectivity index (χ2v) is 7.48. The summed E-state index contributed by atoms with van der Waals surface area (Å²) in [5.74, 6) is -11.2. The highest BCUT2D eigenvalue weighted by Crippen LogP contribution is 2.59. The largest absolute Gasteiger partial charge is 0.461 e. The van der Waals surface area contributed by atoms with E-state index in [1.54, 1.807) is 0 Å². The lowest BCUT2D eigenvalue weighted by molar-refractivity contribution is -0.276. The first-order valence-electron chi connectivity index (χ1n) is 8.45. The molecule has 6 nitrogen and oxygen atoms in total. The van der Waals surface area contributed by atoms with E-state index in [1.165, 1.54) is 6.92 Å². The Morgan fingerprint density at radius 3 is 2.32 bits per heavy atom. The summed E-state index contributed by atoms with van der Waals surface area (Å²) in [4.78, 5) is 36.3. The Morgan fingerprint density at radius 1 is 1.21 bits per heavy atom. The fourth-order valence-corrected chi connectivity index (χ4v) is 4.33. The standard InChI is InChI=1S/C17H17F5O6/c1-5(2)12(23)26-10-7-4-6-8(10)13(24)27-11(6)9(7)14(25)28-15(16(3,18)19)17(20,21)22/h6-11,15H,1,4H2,2-3H3. The molecule has 2 aliphatic carbocycles. The molecule has 0 N–H and O–H groups in total. The predicted molar refractivity (Wildman–Crippen MR) is 79.7 cm³/mol. The van der Waals surface area contributed by atoms with E-state index in [1.807, 2.05) is 0 Å². The molecule has 3 rings (SSSR count). The van der Waals surface area contributed by atoms with E-state index in [2.05, 4.69) is 11.3 Å². The summed E-state index contributed by atoms with van der Waals surface area (Å²) in [5.41, 5.74) is 0.0209. The van der Waals surface area contributed by atoms with Crippen LogP contribution in [0, 0.1) is 23.7 Å². The zero-order valence-electron chi connectivity index (χ0n) is 14.8. The fraction of sp³-hybridized carbons (Fsp3) is 0.706. The summed E-state index contributed by atoms with van der Waals surface area (Å²) in [7, 11) is 0. The SMILES string of the molecule is C=C(C)C(=O)OC1C2CC3C(OC(=O)C31)C2C(=O)OC(C(C)(F)F)C(F)(F)F. The number of fused-ring (bicyclic) bond motifs is 1. The van der Waals surface area contributed by atoms with Gasteiger partial charge in [-0.15, -0.1) is 0 Å². The zero-order valence-corrected chi connectivity index (χ0v) is 14.8. The van der Waals surface area contributed by atoms with Crippen LogP contribution < -0.4 is 0 Å². The van der Waals surface area contributed by atoms with Gasteiger partial charge in [-0.1, -0.05) is 6.58 Å². The van der Waals surface area contributed by atoms with E-state index in [-0.39, 0.29) is 18.9 Å². The molecule has 3 fully saturated rings. The number of carbonyl (C=O) groups is 3. The normalized spacial score (nSPS) is 34.8. The maximum atomic E-state index is 13.3. The van der Waals surface area contributed by atoms with E-state index >= 15 is 0 Å². The predicted octanol–water partition coefficient (Wildman–Crippen LogP) is 2.41. The molecule has 0 aromatic carbocycles. The molecule has 28 heavy (non-hydrogen) atoms. The molecule has 0 radical (unpaired) electrons.